The molecule has 0 unspecified atom stereocenters. The predicted octanol–water partition coefficient (Wildman–Crippen LogP) is 0.171. The van der Waals surface area contributed by atoms with Crippen LogP contribution in [0.3, 0.4) is 0 Å². The standard InChI is InChI=1S/C6H9N4/c7-2-5-10-6-8-3-1-4-9-6/h1,3-4,7H,2,5H2,(H,8,9,10). The molecule has 1 aromatic rings. The lowest BCUT2D eigenvalue weighted by molar-refractivity contribution is 0.966. The maximum absolute atomic E-state index is 6.83. The molecule has 0 atom stereocenters. The highest BCUT2D eigenvalue weighted by molar-refractivity contribution is 5.21. The van der Waals surface area contributed by atoms with Gasteiger partial charge in [-0.15, -0.1) is 0 Å². The molecule has 0 aliphatic carbocycles. The van der Waals surface area contributed by atoms with Crippen molar-refractivity contribution in [2.75, 3.05) is 18.4 Å². The quantitative estimate of drug-likeness (QED) is 0.646. The van der Waals surface area contributed by atoms with Gasteiger partial charge in [0.05, 0.1) is 0 Å². The third-order valence-electron chi connectivity index (χ3n) is 0.974. The summed E-state index contributed by atoms with van der Waals surface area (Å²) >= 11 is 0. The van der Waals surface area contributed by atoms with Crippen LogP contribution >= 0.6 is 0 Å². The molecular formula is C6H9N4. The molecule has 4 nitrogen and oxygen atoms in total. The summed E-state index contributed by atoms with van der Waals surface area (Å²) in [6, 6.07) is 1.76. The second kappa shape index (κ2) is 3.79. The molecule has 4 heteroatoms. The first-order valence-electron chi connectivity index (χ1n) is 3.09. The lowest BCUT2D eigenvalue weighted by Crippen LogP contribution is -2.08. The molecule has 0 amide bonds. The van der Waals surface area contributed by atoms with E-state index in [0.717, 1.165) is 0 Å². The van der Waals surface area contributed by atoms with Crippen LogP contribution in [0, 0.1) is 0 Å². The van der Waals surface area contributed by atoms with Crippen LogP contribution in [0.25, 0.3) is 0 Å². The number of aromatic nitrogens is 2. The van der Waals surface area contributed by atoms with Crippen LogP contribution in [0.1, 0.15) is 0 Å². The Morgan fingerprint density at radius 1 is 1.40 bits per heavy atom. The first-order valence-corrected chi connectivity index (χ1v) is 3.09. The van der Waals surface area contributed by atoms with Gasteiger partial charge in [-0.1, -0.05) is 0 Å². The van der Waals surface area contributed by atoms with Crippen LogP contribution < -0.4 is 11.1 Å². The molecule has 0 aliphatic rings. The van der Waals surface area contributed by atoms with Crippen molar-refractivity contribution in [2.24, 2.45) is 0 Å². The van der Waals surface area contributed by atoms with E-state index in [9.17, 15) is 0 Å². The van der Waals surface area contributed by atoms with E-state index in [1.165, 1.54) is 0 Å². The summed E-state index contributed by atoms with van der Waals surface area (Å²) in [5.41, 5.74) is 6.83. The summed E-state index contributed by atoms with van der Waals surface area (Å²) in [5, 5.41) is 2.88. The van der Waals surface area contributed by atoms with E-state index in [-0.39, 0.29) is 0 Å². The molecule has 1 rings (SSSR count). The summed E-state index contributed by atoms with van der Waals surface area (Å²) < 4.78 is 0. The number of nitrogens with one attached hydrogen (secondary N) is 2. The smallest absolute Gasteiger partial charge is 0.222 e. The molecule has 0 spiro atoms. The van der Waals surface area contributed by atoms with Crippen molar-refractivity contribution in [2.45, 2.75) is 0 Å². The zero-order valence-electron chi connectivity index (χ0n) is 5.54. The fourth-order valence-electron chi connectivity index (χ4n) is 0.565. The Morgan fingerprint density at radius 2 is 2.10 bits per heavy atom. The summed E-state index contributed by atoms with van der Waals surface area (Å²) in [4.78, 5) is 7.82. The Bertz CT molecular complexity index is 174. The van der Waals surface area contributed by atoms with Gasteiger partial charge in [-0.2, -0.15) is 0 Å². The van der Waals surface area contributed by atoms with E-state index < -0.39 is 0 Å². The molecule has 2 N–H and O–H groups in total. The average molecular weight is 137 g/mol. The van der Waals surface area contributed by atoms with Crippen molar-refractivity contribution in [3.8, 4) is 0 Å². The summed E-state index contributed by atoms with van der Waals surface area (Å²) in [7, 11) is 0. The molecule has 0 aromatic carbocycles. The topological polar surface area (TPSA) is 61.6 Å². The highest BCUT2D eigenvalue weighted by atomic mass is 15.1. The molecule has 1 aromatic heterocycles. The molecule has 1 heterocycles. The Labute approximate surface area is 59.5 Å². The van der Waals surface area contributed by atoms with E-state index in [2.05, 4.69) is 15.3 Å². The minimum Gasteiger partial charge on any atom is -0.353 e. The Kier molecular flexibility index (Phi) is 2.63. The van der Waals surface area contributed by atoms with Crippen LogP contribution in [0.15, 0.2) is 18.5 Å². The molecular weight excluding hydrogens is 128 g/mol. The van der Waals surface area contributed by atoms with E-state index >= 15 is 0 Å². The minimum absolute atomic E-state index is 0.345. The monoisotopic (exact) mass is 137 g/mol. The fraction of sp³-hybridized carbons (Fsp3) is 0.333. The molecule has 1 radical (unpaired) electrons. The normalized spacial score (nSPS) is 9.30. The summed E-state index contributed by atoms with van der Waals surface area (Å²) in [5.74, 6) is 0.592. The lowest BCUT2D eigenvalue weighted by atomic mass is 10.6. The van der Waals surface area contributed by atoms with Crippen molar-refractivity contribution < 1.29 is 0 Å². The zero-order chi connectivity index (χ0) is 7.23. The first kappa shape index (κ1) is 6.95. The molecule has 0 saturated carbocycles. The molecule has 53 valence electrons. The van der Waals surface area contributed by atoms with Crippen LogP contribution in [0.4, 0.5) is 5.95 Å². The predicted molar refractivity (Wildman–Crippen MR) is 38.5 cm³/mol. The second-order valence-electron chi connectivity index (χ2n) is 1.75. The van der Waals surface area contributed by atoms with Gasteiger partial charge >= 0.3 is 0 Å². The first-order chi connectivity index (χ1) is 4.93. The molecule has 0 bridgehead atoms. The van der Waals surface area contributed by atoms with Gasteiger partial charge in [0, 0.05) is 25.5 Å². The number of hydrogen-bond acceptors (Lipinski definition) is 3. The summed E-state index contributed by atoms with van der Waals surface area (Å²) in [6.07, 6.45) is 3.33. The van der Waals surface area contributed by atoms with E-state index in [0.29, 0.717) is 19.0 Å². The van der Waals surface area contributed by atoms with Crippen LogP contribution in [-0.2, 0) is 0 Å². The fourth-order valence-corrected chi connectivity index (χ4v) is 0.565. The molecule has 0 aliphatic heterocycles. The van der Waals surface area contributed by atoms with Crippen LogP contribution in [0.5, 0.6) is 0 Å². The van der Waals surface area contributed by atoms with Gasteiger partial charge in [0.1, 0.15) is 0 Å². The largest absolute Gasteiger partial charge is 0.353 e. The van der Waals surface area contributed by atoms with E-state index in [4.69, 9.17) is 5.73 Å². The third kappa shape index (κ3) is 1.99. The number of hydrogen-bond donors (Lipinski definition) is 1. The zero-order valence-corrected chi connectivity index (χ0v) is 5.54. The molecule has 0 fully saturated rings. The third-order valence-corrected chi connectivity index (χ3v) is 0.974. The van der Waals surface area contributed by atoms with Crippen molar-refractivity contribution in [1.29, 1.82) is 0 Å². The highest BCUT2D eigenvalue weighted by Gasteiger charge is 1.87. The van der Waals surface area contributed by atoms with Crippen molar-refractivity contribution in [1.82, 2.24) is 15.7 Å². The SMILES string of the molecule is [NH]CCNc1ncccn1. The van der Waals surface area contributed by atoms with E-state index in [1.54, 1.807) is 18.5 Å². The van der Waals surface area contributed by atoms with Gasteiger partial charge in [0.15, 0.2) is 0 Å². The maximum atomic E-state index is 6.83. The lowest BCUT2D eigenvalue weighted by Gasteiger charge is -1.98. The number of nitrogens with zero attached hydrogens (tertiary/aromatic N) is 2. The number of anilines is 1. The maximum Gasteiger partial charge on any atom is 0.222 e. The Balaban J connectivity index is 2.43. The van der Waals surface area contributed by atoms with Crippen LogP contribution in [0.2, 0.25) is 0 Å². The van der Waals surface area contributed by atoms with Crippen molar-refractivity contribution >= 4 is 5.95 Å². The van der Waals surface area contributed by atoms with Gasteiger partial charge in [0.2, 0.25) is 5.95 Å². The van der Waals surface area contributed by atoms with Crippen molar-refractivity contribution in [3.05, 3.63) is 18.5 Å². The van der Waals surface area contributed by atoms with Gasteiger partial charge in [-0.25, -0.2) is 9.97 Å². The van der Waals surface area contributed by atoms with E-state index in [1.807, 2.05) is 0 Å². The Hall–Kier alpha value is -1.16. The van der Waals surface area contributed by atoms with Crippen LogP contribution in [-0.4, -0.2) is 23.1 Å². The average Bonchev–Trinajstić information content (AvgIpc) is 2.03. The second-order valence-corrected chi connectivity index (χ2v) is 1.75. The van der Waals surface area contributed by atoms with Gasteiger partial charge in [-0.3, -0.25) is 5.73 Å². The Morgan fingerprint density at radius 3 is 2.70 bits per heavy atom. The van der Waals surface area contributed by atoms with Gasteiger partial charge in [0.25, 0.3) is 0 Å². The number of rotatable bonds is 3. The molecule has 0 saturated heterocycles. The molecule has 10 heavy (non-hydrogen) atoms. The highest BCUT2D eigenvalue weighted by Crippen LogP contribution is 1.90. The van der Waals surface area contributed by atoms with Crippen molar-refractivity contribution in [3.63, 3.8) is 0 Å². The van der Waals surface area contributed by atoms with Gasteiger partial charge < -0.3 is 5.32 Å². The summed E-state index contributed by atoms with van der Waals surface area (Å²) in [6.45, 7) is 0.947. The van der Waals surface area contributed by atoms with Gasteiger partial charge in [-0.05, 0) is 6.07 Å². The minimum atomic E-state index is 0.345.